The molecule has 0 aromatic heterocycles. The Morgan fingerprint density at radius 2 is 1.92 bits per heavy atom. The van der Waals surface area contributed by atoms with E-state index in [4.69, 9.17) is 0 Å². The molecule has 1 aromatic carbocycles. The normalized spacial score (nSPS) is 15.0. The first-order valence-electron chi connectivity index (χ1n) is 4.04. The lowest BCUT2D eigenvalue weighted by Crippen LogP contribution is -2.09. The van der Waals surface area contributed by atoms with Crippen LogP contribution in [-0.4, -0.2) is 11.4 Å². The predicted molar refractivity (Wildman–Crippen MR) is 54.3 cm³/mol. The van der Waals surface area contributed by atoms with E-state index in [0.29, 0.717) is 0 Å². The minimum atomic E-state index is -0.703. The van der Waals surface area contributed by atoms with Crippen molar-refractivity contribution in [2.45, 2.75) is 13.0 Å². The summed E-state index contributed by atoms with van der Waals surface area (Å²) >= 11 is 3.30. The van der Waals surface area contributed by atoms with E-state index in [1.165, 1.54) is 0 Å². The molecule has 1 rings (SSSR count). The fourth-order valence-electron chi connectivity index (χ4n) is 1.04. The fraction of sp³-hybridized carbons (Fsp3) is 0.300. The minimum Gasteiger partial charge on any atom is -0.388 e. The van der Waals surface area contributed by atoms with Crippen molar-refractivity contribution in [1.82, 2.24) is 0 Å². The van der Waals surface area contributed by atoms with E-state index in [1.54, 1.807) is 19.1 Å². The molecular formula is C10H11BrO2. The lowest BCUT2D eigenvalue weighted by Gasteiger charge is -2.13. The molecule has 13 heavy (non-hydrogen) atoms. The van der Waals surface area contributed by atoms with Gasteiger partial charge in [-0.1, -0.05) is 35.0 Å². The topological polar surface area (TPSA) is 37.3 Å². The average Bonchev–Trinajstić information content (AvgIpc) is 2.17. The van der Waals surface area contributed by atoms with Crippen LogP contribution in [0.1, 0.15) is 18.6 Å². The van der Waals surface area contributed by atoms with Gasteiger partial charge in [-0.2, -0.15) is 0 Å². The van der Waals surface area contributed by atoms with Crippen molar-refractivity contribution in [3.63, 3.8) is 0 Å². The van der Waals surface area contributed by atoms with Crippen molar-refractivity contribution in [2.24, 2.45) is 5.92 Å². The van der Waals surface area contributed by atoms with Crippen molar-refractivity contribution in [2.75, 3.05) is 0 Å². The number of carbonyl (C=O) groups excluding carboxylic acids is 1. The molecule has 0 aliphatic rings. The van der Waals surface area contributed by atoms with E-state index in [2.05, 4.69) is 15.9 Å². The Hall–Kier alpha value is -0.670. The van der Waals surface area contributed by atoms with Gasteiger partial charge in [0.1, 0.15) is 6.29 Å². The van der Waals surface area contributed by atoms with Gasteiger partial charge in [0.25, 0.3) is 0 Å². The fourth-order valence-corrected chi connectivity index (χ4v) is 1.30. The van der Waals surface area contributed by atoms with Crippen LogP contribution >= 0.6 is 15.9 Å². The number of aliphatic hydroxyl groups excluding tert-OH is 1. The maximum Gasteiger partial charge on any atom is 0.125 e. The van der Waals surface area contributed by atoms with Gasteiger partial charge in [-0.15, -0.1) is 0 Å². The molecule has 2 nitrogen and oxygen atoms in total. The predicted octanol–water partition coefficient (Wildman–Crippen LogP) is 2.32. The number of aliphatic hydroxyl groups is 1. The first-order valence-corrected chi connectivity index (χ1v) is 4.83. The van der Waals surface area contributed by atoms with Gasteiger partial charge >= 0.3 is 0 Å². The Bertz CT molecular complexity index is 281. The van der Waals surface area contributed by atoms with Crippen molar-refractivity contribution < 1.29 is 9.90 Å². The molecule has 0 saturated heterocycles. The first kappa shape index (κ1) is 10.4. The molecule has 3 heteroatoms. The largest absolute Gasteiger partial charge is 0.388 e. The molecule has 0 saturated carbocycles. The SMILES string of the molecule is C[C@H](C=O)[C@H](O)c1ccc(Br)cc1. The van der Waals surface area contributed by atoms with Crippen LogP contribution in [0, 0.1) is 5.92 Å². The Kier molecular flexibility index (Phi) is 3.63. The van der Waals surface area contributed by atoms with Crippen LogP contribution in [-0.2, 0) is 4.79 Å². The molecule has 0 fully saturated rings. The van der Waals surface area contributed by atoms with Gasteiger partial charge in [0.15, 0.2) is 0 Å². The van der Waals surface area contributed by atoms with E-state index >= 15 is 0 Å². The van der Waals surface area contributed by atoms with E-state index in [9.17, 15) is 9.90 Å². The minimum absolute atomic E-state index is 0.360. The maximum absolute atomic E-state index is 10.4. The lowest BCUT2D eigenvalue weighted by molar-refractivity contribution is -0.113. The van der Waals surface area contributed by atoms with E-state index in [-0.39, 0.29) is 5.92 Å². The molecule has 0 heterocycles. The highest BCUT2D eigenvalue weighted by Gasteiger charge is 2.14. The number of benzene rings is 1. The van der Waals surface area contributed by atoms with E-state index < -0.39 is 6.10 Å². The van der Waals surface area contributed by atoms with Crippen LogP contribution in [0.15, 0.2) is 28.7 Å². The molecule has 0 spiro atoms. The van der Waals surface area contributed by atoms with Crippen LogP contribution in [0.2, 0.25) is 0 Å². The van der Waals surface area contributed by atoms with Gasteiger partial charge in [-0.3, -0.25) is 0 Å². The number of aldehydes is 1. The Balaban J connectivity index is 2.82. The van der Waals surface area contributed by atoms with Crippen molar-refractivity contribution >= 4 is 22.2 Å². The lowest BCUT2D eigenvalue weighted by atomic mass is 9.99. The van der Waals surface area contributed by atoms with Crippen LogP contribution < -0.4 is 0 Å². The molecular weight excluding hydrogens is 232 g/mol. The Labute approximate surface area is 85.7 Å². The van der Waals surface area contributed by atoms with Gasteiger partial charge in [-0.25, -0.2) is 0 Å². The molecule has 70 valence electrons. The second-order valence-corrected chi connectivity index (χ2v) is 3.91. The number of hydrogen-bond acceptors (Lipinski definition) is 2. The molecule has 0 radical (unpaired) electrons. The molecule has 0 aliphatic carbocycles. The van der Waals surface area contributed by atoms with Gasteiger partial charge in [0.2, 0.25) is 0 Å². The van der Waals surface area contributed by atoms with Crippen LogP contribution in [0.4, 0.5) is 0 Å². The van der Waals surface area contributed by atoms with Gasteiger partial charge in [0, 0.05) is 10.4 Å². The Morgan fingerprint density at radius 1 is 1.38 bits per heavy atom. The Morgan fingerprint density at radius 3 is 2.38 bits per heavy atom. The number of rotatable bonds is 3. The summed E-state index contributed by atoms with van der Waals surface area (Å²) in [4.78, 5) is 10.4. The third-order valence-electron chi connectivity index (χ3n) is 1.92. The zero-order valence-electron chi connectivity index (χ0n) is 7.27. The monoisotopic (exact) mass is 242 g/mol. The van der Waals surface area contributed by atoms with Crippen LogP contribution in [0.25, 0.3) is 0 Å². The quantitative estimate of drug-likeness (QED) is 0.827. The summed E-state index contributed by atoms with van der Waals surface area (Å²) in [6.45, 7) is 1.69. The zero-order chi connectivity index (χ0) is 9.84. The molecule has 1 aromatic rings. The van der Waals surface area contributed by atoms with Gasteiger partial charge in [-0.05, 0) is 17.7 Å². The summed E-state index contributed by atoms with van der Waals surface area (Å²) in [7, 11) is 0. The van der Waals surface area contributed by atoms with Gasteiger partial charge < -0.3 is 9.90 Å². The van der Waals surface area contributed by atoms with E-state index in [0.717, 1.165) is 16.3 Å². The molecule has 2 atom stereocenters. The third kappa shape index (κ3) is 2.64. The summed E-state index contributed by atoms with van der Waals surface area (Å²) in [5, 5.41) is 9.63. The van der Waals surface area contributed by atoms with Crippen LogP contribution in [0.5, 0.6) is 0 Å². The molecule has 0 amide bonds. The molecule has 0 aliphatic heterocycles. The average molecular weight is 243 g/mol. The highest BCUT2D eigenvalue weighted by molar-refractivity contribution is 9.10. The highest BCUT2D eigenvalue weighted by atomic mass is 79.9. The summed E-state index contributed by atoms with van der Waals surface area (Å²) in [5.41, 5.74) is 0.766. The number of hydrogen-bond donors (Lipinski definition) is 1. The third-order valence-corrected chi connectivity index (χ3v) is 2.45. The summed E-state index contributed by atoms with van der Waals surface area (Å²) in [6.07, 6.45) is 0.0535. The standard InChI is InChI=1S/C10H11BrO2/c1-7(6-12)10(13)8-2-4-9(11)5-3-8/h2-7,10,13H,1H3/t7-,10+/m1/s1. The second-order valence-electron chi connectivity index (χ2n) is 2.99. The summed E-state index contributed by atoms with van der Waals surface area (Å²) in [5.74, 6) is -0.360. The highest BCUT2D eigenvalue weighted by Crippen LogP contribution is 2.21. The van der Waals surface area contributed by atoms with Crippen molar-refractivity contribution in [3.8, 4) is 0 Å². The maximum atomic E-state index is 10.4. The molecule has 0 bridgehead atoms. The molecule has 1 N–H and O–H groups in total. The summed E-state index contributed by atoms with van der Waals surface area (Å²) in [6, 6.07) is 7.29. The second kappa shape index (κ2) is 4.53. The van der Waals surface area contributed by atoms with Crippen LogP contribution in [0.3, 0.4) is 0 Å². The zero-order valence-corrected chi connectivity index (χ0v) is 8.86. The van der Waals surface area contributed by atoms with E-state index in [1.807, 2.05) is 12.1 Å². The smallest absolute Gasteiger partial charge is 0.125 e. The van der Waals surface area contributed by atoms with Crippen molar-refractivity contribution in [1.29, 1.82) is 0 Å². The van der Waals surface area contributed by atoms with Gasteiger partial charge in [0.05, 0.1) is 6.10 Å². The molecule has 0 unspecified atom stereocenters. The number of carbonyl (C=O) groups is 1. The van der Waals surface area contributed by atoms with Crippen molar-refractivity contribution in [3.05, 3.63) is 34.3 Å². The summed E-state index contributed by atoms with van der Waals surface area (Å²) < 4.78 is 0.960. The first-order chi connectivity index (χ1) is 6.15. The number of halogens is 1.